The molecule has 1 saturated carbocycles. The van der Waals surface area contributed by atoms with E-state index in [2.05, 4.69) is 16.8 Å². The highest BCUT2D eigenvalue weighted by molar-refractivity contribution is 7.92. The van der Waals surface area contributed by atoms with Crippen LogP contribution in [0.2, 0.25) is 0 Å². The fraction of sp³-hybridized carbons (Fsp3) is 0.484. The number of nitrogens with one attached hydrogen (secondary N) is 1. The van der Waals surface area contributed by atoms with Crippen molar-refractivity contribution in [3.8, 4) is 11.1 Å². The summed E-state index contributed by atoms with van der Waals surface area (Å²) >= 11 is 0. The molecule has 1 N–H and O–H groups in total. The summed E-state index contributed by atoms with van der Waals surface area (Å²) in [5.41, 5.74) is 2.44. The summed E-state index contributed by atoms with van der Waals surface area (Å²) in [5.74, 6) is 1.62. The molecule has 5 rings (SSSR count). The summed E-state index contributed by atoms with van der Waals surface area (Å²) in [6, 6.07) is 10.5. The number of carbonyl (C=O) groups is 1. The molecule has 0 atom stereocenters. The van der Waals surface area contributed by atoms with Crippen LogP contribution in [0.4, 0.5) is 5.82 Å². The van der Waals surface area contributed by atoms with Crippen LogP contribution in [0.3, 0.4) is 0 Å². The molecular formula is C31H39N5O5S. The van der Waals surface area contributed by atoms with Crippen LogP contribution in [0.15, 0.2) is 50.8 Å². The number of aryl methyl sites for hydroxylation is 1. The number of unbranched alkanes of at least 4 members (excludes halogenated alkanes) is 1. The molecule has 0 unspecified atom stereocenters. The molecule has 42 heavy (non-hydrogen) atoms. The number of nitrogens with zero attached hydrogens (tertiary/aromatic N) is 4. The number of anilines is 1. The third-order valence-corrected chi connectivity index (χ3v) is 9.53. The first kappa shape index (κ1) is 29.9. The first-order valence-electron chi connectivity index (χ1n) is 14.7. The van der Waals surface area contributed by atoms with Gasteiger partial charge in [-0.2, -0.15) is 0 Å². The van der Waals surface area contributed by atoms with Crippen LogP contribution in [0.5, 0.6) is 0 Å². The lowest BCUT2D eigenvalue weighted by Crippen LogP contribution is -2.40. The van der Waals surface area contributed by atoms with Gasteiger partial charge in [0, 0.05) is 29.7 Å². The third-order valence-electron chi connectivity index (χ3n) is 8.13. The average molecular weight is 594 g/mol. The van der Waals surface area contributed by atoms with Crippen molar-refractivity contribution >= 4 is 27.6 Å². The van der Waals surface area contributed by atoms with Gasteiger partial charge in [-0.1, -0.05) is 55.6 Å². The molecule has 1 fully saturated rings. The highest BCUT2D eigenvalue weighted by Gasteiger charge is 2.49. The number of pyridine rings is 1. The van der Waals surface area contributed by atoms with Crippen LogP contribution in [0, 0.1) is 13.8 Å². The first-order valence-corrected chi connectivity index (χ1v) is 16.2. The molecule has 3 heterocycles. The molecule has 224 valence electrons. The lowest BCUT2D eigenvalue weighted by atomic mass is 9.98. The maximum atomic E-state index is 13.7. The van der Waals surface area contributed by atoms with E-state index in [0.29, 0.717) is 47.0 Å². The van der Waals surface area contributed by atoms with Crippen molar-refractivity contribution in [3.05, 3.63) is 59.1 Å². The van der Waals surface area contributed by atoms with Crippen molar-refractivity contribution in [2.45, 2.75) is 96.2 Å². The first-order chi connectivity index (χ1) is 20.2. The van der Waals surface area contributed by atoms with E-state index in [1.165, 1.54) is 0 Å². The Labute approximate surface area is 247 Å². The van der Waals surface area contributed by atoms with Gasteiger partial charge >= 0.3 is 0 Å². The number of amidine groups is 1. The van der Waals surface area contributed by atoms with E-state index in [-0.39, 0.29) is 23.2 Å². The molecule has 1 aliphatic carbocycles. The van der Waals surface area contributed by atoms with Gasteiger partial charge in [0.1, 0.15) is 17.1 Å². The molecule has 2 aliphatic rings. The fourth-order valence-corrected chi connectivity index (χ4v) is 6.95. The Balaban J connectivity index is 1.49. The number of sulfonamides is 1. The molecule has 3 aromatic rings. The standard InChI is InChI=1S/C31H39N5O5S/c1-5-7-14-28-33-31(17-10-11-18-31)30(37)36(28)19-23-15-16-24(26(32-23)20-40-6-2)25-12-8-9-13-27(25)42(38,39)35-29-21(3)22(4)41-34-29/h8-9,12-13,15-16H,5-7,10-11,14,17-20H2,1-4H3,(H,34,35). The highest BCUT2D eigenvalue weighted by atomic mass is 32.2. The number of hydrogen-bond donors (Lipinski definition) is 1. The highest BCUT2D eigenvalue weighted by Crippen LogP contribution is 2.40. The third kappa shape index (κ3) is 5.85. The minimum absolute atomic E-state index is 0.0734. The van der Waals surface area contributed by atoms with Gasteiger partial charge in [-0.05, 0) is 52.2 Å². The second kappa shape index (κ2) is 12.3. The Bertz CT molecular complexity index is 1590. The van der Waals surface area contributed by atoms with E-state index in [1.807, 2.05) is 24.0 Å². The zero-order valence-electron chi connectivity index (χ0n) is 24.8. The van der Waals surface area contributed by atoms with Gasteiger partial charge in [0.05, 0.1) is 29.4 Å². The van der Waals surface area contributed by atoms with Crippen LogP contribution in [0.25, 0.3) is 11.1 Å². The molecule has 0 saturated heterocycles. The molecule has 10 nitrogen and oxygen atoms in total. The zero-order chi connectivity index (χ0) is 29.9. The predicted molar refractivity (Wildman–Crippen MR) is 160 cm³/mol. The van der Waals surface area contributed by atoms with Crippen LogP contribution in [-0.2, 0) is 32.7 Å². The second-order valence-electron chi connectivity index (χ2n) is 11.0. The largest absolute Gasteiger partial charge is 0.375 e. The summed E-state index contributed by atoms with van der Waals surface area (Å²) in [6.45, 7) is 8.48. The van der Waals surface area contributed by atoms with Crippen molar-refractivity contribution in [3.63, 3.8) is 0 Å². The van der Waals surface area contributed by atoms with Gasteiger partial charge in [-0.15, -0.1) is 0 Å². The zero-order valence-corrected chi connectivity index (χ0v) is 25.6. The van der Waals surface area contributed by atoms with Gasteiger partial charge in [0.2, 0.25) is 0 Å². The number of aliphatic imine (C=N–C) groups is 1. The van der Waals surface area contributed by atoms with Gasteiger partial charge in [0.15, 0.2) is 5.82 Å². The lowest BCUT2D eigenvalue weighted by molar-refractivity contribution is -0.131. The Morgan fingerprint density at radius 1 is 1.07 bits per heavy atom. The van der Waals surface area contributed by atoms with Gasteiger partial charge in [-0.3, -0.25) is 24.4 Å². The van der Waals surface area contributed by atoms with Gasteiger partial charge in [0.25, 0.3) is 15.9 Å². The number of ether oxygens (including phenoxy) is 1. The van der Waals surface area contributed by atoms with Gasteiger partial charge in [-0.25, -0.2) is 8.42 Å². The van der Waals surface area contributed by atoms with Crippen LogP contribution in [-0.4, -0.2) is 47.3 Å². The van der Waals surface area contributed by atoms with Crippen LogP contribution in [0.1, 0.15) is 81.5 Å². The van der Waals surface area contributed by atoms with E-state index >= 15 is 0 Å². The van der Waals surface area contributed by atoms with Crippen molar-refractivity contribution in [2.75, 3.05) is 11.3 Å². The van der Waals surface area contributed by atoms with E-state index < -0.39 is 15.6 Å². The summed E-state index contributed by atoms with van der Waals surface area (Å²) in [6.07, 6.45) is 6.38. The number of rotatable bonds is 12. The molecule has 1 aliphatic heterocycles. The van der Waals surface area contributed by atoms with Crippen LogP contribution >= 0.6 is 0 Å². The van der Waals surface area contributed by atoms with Crippen molar-refractivity contribution in [1.29, 1.82) is 0 Å². The minimum atomic E-state index is -4.01. The predicted octanol–water partition coefficient (Wildman–Crippen LogP) is 5.93. The van der Waals surface area contributed by atoms with Crippen molar-refractivity contribution in [1.82, 2.24) is 15.0 Å². The normalized spacial score (nSPS) is 16.4. The minimum Gasteiger partial charge on any atom is -0.375 e. The summed E-state index contributed by atoms with van der Waals surface area (Å²) < 4.78 is 40.6. The Hall–Kier alpha value is -3.57. The molecule has 1 spiro atoms. The number of aromatic nitrogens is 2. The SMILES string of the molecule is CCCCC1=NC2(CCCC2)C(=O)N1Cc1ccc(-c2ccccc2S(=O)(=O)Nc2noc(C)c2C)c(COCC)n1. The quantitative estimate of drug-likeness (QED) is 0.276. The summed E-state index contributed by atoms with van der Waals surface area (Å²) in [5, 5.41) is 3.86. The Kier molecular flexibility index (Phi) is 8.79. The van der Waals surface area contributed by atoms with E-state index in [1.54, 1.807) is 38.1 Å². The molecular weight excluding hydrogens is 554 g/mol. The number of hydrogen-bond acceptors (Lipinski definition) is 8. The summed E-state index contributed by atoms with van der Waals surface area (Å²) in [4.78, 5) is 25.5. The number of carbonyl (C=O) groups excluding carboxylic acids is 1. The smallest absolute Gasteiger partial charge is 0.263 e. The molecule has 0 radical (unpaired) electrons. The Morgan fingerprint density at radius 2 is 1.83 bits per heavy atom. The van der Waals surface area contributed by atoms with Gasteiger partial charge < -0.3 is 9.26 Å². The maximum Gasteiger partial charge on any atom is 0.263 e. The molecule has 1 aromatic carbocycles. The van der Waals surface area contributed by atoms with E-state index in [9.17, 15) is 13.2 Å². The monoisotopic (exact) mass is 593 g/mol. The maximum absolute atomic E-state index is 13.7. The molecule has 1 amide bonds. The van der Waals surface area contributed by atoms with Crippen LogP contribution < -0.4 is 4.72 Å². The molecule has 0 bridgehead atoms. The number of benzene rings is 1. The fourth-order valence-electron chi connectivity index (χ4n) is 5.67. The van der Waals surface area contributed by atoms with E-state index in [4.69, 9.17) is 19.2 Å². The average Bonchev–Trinajstić information content (AvgIpc) is 3.66. The van der Waals surface area contributed by atoms with Crippen molar-refractivity contribution in [2.24, 2.45) is 4.99 Å². The lowest BCUT2D eigenvalue weighted by Gasteiger charge is -2.23. The molecule has 2 aromatic heterocycles. The van der Waals surface area contributed by atoms with E-state index in [0.717, 1.165) is 50.8 Å². The van der Waals surface area contributed by atoms with Crippen molar-refractivity contribution < 1.29 is 22.5 Å². The topological polar surface area (TPSA) is 127 Å². The molecule has 11 heteroatoms. The Morgan fingerprint density at radius 3 is 2.52 bits per heavy atom. The summed E-state index contributed by atoms with van der Waals surface area (Å²) in [7, 11) is -4.01. The number of amides is 1. The second-order valence-corrected chi connectivity index (χ2v) is 12.7.